The maximum atomic E-state index is 12.7. The van der Waals surface area contributed by atoms with E-state index in [9.17, 15) is 9.59 Å². The van der Waals surface area contributed by atoms with E-state index in [1.807, 2.05) is 30.3 Å². The Morgan fingerprint density at radius 1 is 1.17 bits per heavy atom. The molecule has 1 aromatic heterocycles. The van der Waals surface area contributed by atoms with Gasteiger partial charge in [0.05, 0.1) is 22.6 Å². The second-order valence-corrected chi connectivity index (χ2v) is 7.67. The first-order chi connectivity index (χ1) is 13.9. The summed E-state index contributed by atoms with van der Waals surface area (Å²) in [5.41, 5.74) is 3.96. The normalized spacial score (nSPS) is 15.1. The van der Waals surface area contributed by atoms with Gasteiger partial charge < -0.3 is 15.4 Å². The molecule has 0 fully saturated rings. The molecule has 1 atom stereocenters. The highest BCUT2D eigenvalue weighted by molar-refractivity contribution is 9.10. The summed E-state index contributed by atoms with van der Waals surface area (Å²) in [6.07, 6.45) is -0.541. The number of pyridine rings is 1. The Labute approximate surface area is 176 Å². The Kier molecular flexibility index (Phi) is 5.07. The zero-order chi connectivity index (χ0) is 20.5. The van der Waals surface area contributed by atoms with Crippen LogP contribution in [0.2, 0.25) is 0 Å². The fourth-order valence-electron chi connectivity index (χ4n) is 3.09. The lowest BCUT2D eigenvalue weighted by Gasteiger charge is -2.23. The molecule has 0 bridgehead atoms. The van der Waals surface area contributed by atoms with Gasteiger partial charge in [0.2, 0.25) is 0 Å². The van der Waals surface area contributed by atoms with Crippen LogP contribution in [0.1, 0.15) is 23.0 Å². The number of nitrogens with zero attached hydrogens (tertiary/aromatic N) is 1. The Morgan fingerprint density at radius 3 is 2.76 bits per heavy atom. The van der Waals surface area contributed by atoms with Gasteiger partial charge >= 0.3 is 0 Å². The molecular weight excluding hydrogens is 434 g/mol. The van der Waals surface area contributed by atoms with Gasteiger partial charge in [-0.1, -0.05) is 28.1 Å². The van der Waals surface area contributed by atoms with Crippen LogP contribution in [0.3, 0.4) is 0 Å². The summed E-state index contributed by atoms with van der Waals surface area (Å²) in [5.74, 6) is 0.0858. The molecule has 1 aliphatic rings. The molecule has 2 aromatic carbocycles. The van der Waals surface area contributed by atoms with Gasteiger partial charge in [-0.15, -0.1) is 0 Å². The molecule has 0 saturated heterocycles. The smallest absolute Gasteiger partial charge is 0.265 e. The molecule has 0 spiro atoms. The van der Waals surface area contributed by atoms with Crippen LogP contribution >= 0.6 is 15.9 Å². The predicted molar refractivity (Wildman–Crippen MR) is 115 cm³/mol. The molecule has 2 N–H and O–H groups in total. The lowest BCUT2D eigenvalue weighted by Crippen LogP contribution is -2.34. The van der Waals surface area contributed by atoms with Crippen molar-refractivity contribution in [1.29, 1.82) is 0 Å². The van der Waals surface area contributed by atoms with Crippen molar-refractivity contribution in [2.75, 3.05) is 10.6 Å². The Bertz CT molecular complexity index is 1130. The number of carbonyl (C=O) groups is 2. The summed E-state index contributed by atoms with van der Waals surface area (Å²) in [5, 5.41) is 5.62. The minimum absolute atomic E-state index is 0.218. The van der Waals surface area contributed by atoms with Crippen LogP contribution in [-0.4, -0.2) is 22.9 Å². The number of nitrogens with one attached hydrogen (secondary N) is 2. The van der Waals surface area contributed by atoms with Gasteiger partial charge in [0.15, 0.2) is 6.10 Å². The number of fused-ring (bicyclic) bond motifs is 1. The first kappa shape index (κ1) is 19.1. The van der Waals surface area contributed by atoms with E-state index in [2.05, 4.69) is 31.5 Å². The molecular formula is C22H18BrN3O3. The maximum Gasteiger partial charge on any atom is 0.265 e. The van der Waals surface area contributed by atoms with Gasteiger partial charge in [-0.3, -0.25) is 14.6 Å². The number of aryl methyl sites for hydroxylation is 1. The molecule has 1 aliphatic heterocycles. The molecule has 2 heterocycles. The van der Waals surface area contributed by atoms with Crippen LogP contribution in [0, 0.1) is 6.92 Å². The van der Waals surface area contributed by atoms with E-state index in [-0.39, 0.29) is 11.8 Å². The summed E-state index contributed by atoms with van der Waals surface area (Å²) >= 11 is 3.46. The van der Waals surface area contributed by atoms with Crippen molar-refractivity contribution < 1.29 is 14.3 Å². The first-order valence-corrected chi connectivity index (χ1v) is 9.86. The van der Waals surface area contributed by atoms with Crippen LogP contribution in [0.4, 0.5) is 11.4 Å². The Balaban J connectivity index is 1.55. The predicted octanol–water partition coefficient (Wildman–Crippen LogP) is 4.79. The minimum atomic E-state index is -0.541. The van der Waals surface area contributed by atoms with E-state index in [0.717, 1.165) is 15.7 Å². The number of halogens is 1. The largest absolute Gasteiger partial charge is 0.479 e. The SMILES string of the molecule is Cc1nc(-c2cccc(Br)c2)ccc1C(=O)Nc1ccc2c(c1)NC(=O)C(C)O2. The summed E-state index contributed by atoms with van der Waals surface area (Å²) in [6.45, 7) is 3.49. The van der Waals surface area contributed by atoms with Gasteiger partial charge in [0, 0.05) is 15.7 Å². The molecule has 0 saturated carbocycles. The number of hydrogen-bond acceptors (Lipinski definition) is 4. The number of aromatic nitrogens is 1. The number of carbonyl (C=O) groups excluding carboxylic acids is 2. The van der Waals surface area contributed by atoms with E-state index in [4.69, 9.17) is 4.74 Å². The van der Waals surface area contributed by atoms with Crippen molar-refractivity contribution in [3.8, 4) is 17.0 Å². The van der Waals surface area contributed by atoms with Crippen LogP contribution < -0.4 is 15.4 Å². The van der Waals surface area contributed by atoms with Crippen LogP contribution in [0.15, 0.2) is 59.1 Å². The molecule has 2 amide bonds. The minimum Gasteiger partial charge on any atom is -0.479 e. The van der Waals surface area contributed by atoms with Crippen molar-refractivity contribution in [3.63, 3.8) is 0 Å². The molecule has 7 heteroatoms. The van der Waals surface area contributed by atoms with Gasteiger partial charge in [-0.2, -0.15) is 0 Å². The van der Waals surface area contributed by atoms with Gasteiger partial charge in [-0.05, 0) is 56.3 Å². The molecule has 0 radical (unpaired) electrons. The Morgan fingerprint density at radius 2 is 2.00 bits per heavy atom. The maximum absolute atomic E-state index is 12.7. The van der Waals surface area contributed by atoms with E-state index in [1.165, 1.54) is 0 Å². The van der Waals surface area contributed by atoms with Crippen molar-refractivity contribution in [2.45, 2.75) is 20.0 Å². The molecule has 4 rings (SSSR count). The zero-order valence-corrected chi connectivity index (χ0v) is 17.4. The zero-order valence-electron chi connectivity index (χ0n) is 15.8. The van der Waals surface area contributed by atoms with Crippen molar-refractivity contribution in [3.05, 3.63) is 70.3 Å². The molecule has 146 valence electrons. The second-order valence-electron chi connectivity index (χ2n) is 6.75. The average Bonchev–Trinajstić information content (AvgIpc) is 2.69. The number of hydrogen-bond donors (Lipinski definition) is 2. The van der Waals surface area contributed by atoms with Crippen LogP contribution in [0.5, 0.6) is 5.75 Å². The lowest BCUT2D eigenvalue weighted by molar-refractivity contribution is -0.122. The molecule has 29 heavy (non-hydrogen) atoms. The third-order valence-electron chi connectivity index (χ3n) is 4.62. The Hall–Kier alpha value is -3.19. The fourth-order valence-corrected chi connectivity index (χ4v) is 3.49. The van der Waals surface area contributed by atoms with Gasteiger partial charge in [-0.25, -0.2) is 0 Å². The standard InChI is InChI=1S/C22H18BrN3O3/c1-12-17(7-8-18(24-12)14-4-3-5-15(23)10-14)22(28)25-16-6-9-20-19(11-16)26-21(27)13(2)29-20/h3-11,13H,1-2H3,(H,25,28)(H,26,27). The van der Waals surface area contributed by atoms with E-state index in [0.29, 0.717) is 28.4 Å². The second kappa shape index (κ2) is 7.67. The molecule has 1 unspecified atom stereocenters. The number of ether oxygens (including phenoxy) is 1. The summed E-state index contributed by atoms with van der Waals surface area (Å²) in [6, 6.07) is 16.6. The number of rotatable bonds is 3. The summed E-state index contributed by atoms with van der Waals surface area (Å²) in [4.78, 5) is 29.1. The quantitative estimate of drug-likeness (QED) is 0.599. The topological polar surface area (TPSA) is 80.3 Å². The lowest BCUT2D eigenvalue weighted by atomic mass is 10.1. The van der Waals surface area contributed by atoms with E-state index < -0.39 is 6.10 Å². The fraction of sp³-hybridized carbons (Fsp3) is 0.136. The molecule has 6 nitrogen and oxygen atoms in total. The third-order valence-corrected chi connectivity index (χ3v) is 5.11. The molecule has 3 aromatic rings. The summed E-state index contributed by atoms with van der Waals surface area (Å²) < 4.78 is 6.50. The highest BCUT2D eigenvalue weighted by atomic mass is 79.9. The average molecular weight is 452 g/mol. The van der Waals surface area contributed by atoms with E-state index >= 15 is 0 Å². The summed E-state index contributed by atoms with van der Waals surface area (Å²) in [7, 11) is 0. The van der Waals surface area contributed by atoms with Gasteiger partial charge in [0.1, 0.15) is 5.75 Å². The molecule has 0 aliphatic carbocycles. The van der Waals surface area contributed by atoms with Crippen molar-refractivity contribution in [1.82, 2.24) is 4.98 Å². The first-order valence-electron chi connectivity index (χ1n) is 9.07. The van der Waals surface area contributed by atoms with Gasteiger partial charge in [0.25, 0.3) is 11.8 Å². The number of benzene rings is 2. The number of anilines is 2. The monoisotopic (exact) mass is 451 g/mol. The van der Waals surface area contributed by atoms with Crippen LogP contribution in [-0.2, 0) is 4.79 Å². The van der Waals surface area contributed by atoms with E-state index in [1.54, 1.807) is 38.1 Å². The van der Waals surface area contributed by atoms with Crippen LogP contribution in [0.25, 0.3) is 11.3 Å². The highest BCUT2D eigenvalue weighted by Crippen LogP contribution is 2.32. The van der Waals surface area contributed by atoms with Crippen molar-refractivity contribution in [2.24, 2.45) is 0 Å². The van der Waals surface area contributed by atoms with Crippen molar-refractivity contribution >= 4 is 39.1 Å². The third kappa shape index (κ3) is 4.00. The number of amides is 2. The highest BCUT2D eigenvalue weighted by Gasteiger charge is 2.23.